The van der Waals surface area contributed by atoms with E-state index in [9.17, 15) is 8.96 Å². The Kier molecular flexibility index (Phi) is 5.41. The molecule has 1 rings (SSSR count). The van der Waals surface area contributed by atoms with Gasteiger partial charge in [0.25, 0.3) is 0 Å². The number of rotatable bonds is 4. The lowest BCUT2D eigenvalue weighted by molar-refractivity contribution is 0.0484. The molecule has 1 aromatic carbocycles. The van der Waals surface area contributed by atoms with Crippen LogP contribution in [0.5, 0.6) is 0 Å². The lowest BCUT2D eigenvalue weighted by Crippen LogP contribution is -2.24. The first-order valence-corrected chi connectivity index (χ1v) is 8.78. The average molecular weight is 316 g/mol. The van der Waals surface area contributed by atoms with E-state index in [1.54, 1.807) is 53.7 Å². The molecule has 0 saturated carbocycles. The van der Waals surface area contributed by atoms with Crippen molar-refractivity contribution in [2.75, 3.05) is 0 Å². The molecule has 3 nitrogen and oxygen atoms in total. The Bertz CT molecular complexity index is 521. The number of aryl methyl sites for hydroxylation is 1. The van der Waals surface area contributed by atoms with Crippen LogP contribution < -0.4 is 0 Å². The third-order valence-electron chi connectivity index (χ3n) is 2.40. The van der Waals surface area contributed by atoms with Crippen molar-refractivity contribution in [2.24, 2.45) is 0 Å². The lowest BCUT2D eigenvalue weighted by Gasteiger charge is -2.32. The van der Waals surface area contributed by atoms with E-state index in [0.717, 1.165) is 5.56 Å². The third-order valence-corrected chi connectivity index (χ3v) is 4.78. The normalized spacial score (nSPS) is 13.5. The van der Waals surface area contributed by atoms with Crippen LogP contribution in [0.3, 0.4) is 0 Å². The number of benzene rings is 1. The van der Waals surface area contributed by atoms with Gasteiger partial charge in [-0.3, -0.25) is 4.57 Å². The second-order valence-electron chi connectivity index (χ2n) is 7.27. The molecule has 0 amide bonds. The Morgan fingerprint density at radius 2 is 1.52 bits per heavy atom. The minimum Gasteiger partial charge on any atom is -0.303 e. The monoisotopic (exact) mass is 316 g/mol. The van der Waals surface area contributed by atoms with Gasteiger partial charge in [-0.2, -0.15) is 0 Å². The predicted octanol–water partition coefficient (Wildman–Crippen LogP) is 5.46. The molecule has 0 aliphatic heterocycles. The molecule has 0 unspecified atom stereocenters. The maximum atomic E-state index is 14.0. The number of hydrogen-bond donors (Lipinski definition) is 0. The van der Waals surface area contributed by atoms with Crippen LogP contribution in [-0.2, 0) is 19.8 Å². The van der Waals surface area contributed by atoms with Crippen LogP contribution in [0.1, 0.15) is 52.7 Å². The van der Waals surface area contributed by atoms with E-state index >= 15 is 0 Å². The Balaban J connectivity index is 3.10. The summed E-state index contributed by atoms with van der Waals surface area (Å²) in [6, 6.07) is 4.85. The van der Waals surface area contributed by atoms with Crippen molar-refractivity contribution < 1.29 is 18.0 Å². The molecule has 0 aliphatic carbocycles. The van der Waals surface area contributed by atoms with Gasteiger partial charge in [0.1, 0.15) is 5.82 Å². The predicted molar refractivity (Wildman–Crippen MR) is 84.1 cm³/mol. The molecule has 0 heterocycles. The van der Waals surface area contributed by atoms with Crippen LogP contribution in [0.2, 0.25) is 0 Å². The third kappa shape index (κ3) is 6.73. The zero-order valence-corrected chi connectivity index (χ0v) is 14.9. The molecule has 0 atom stereocenters. The van der Waals surface area contributed by atoms with Gasteiger partial charge in [0.2, 0.25) is 0 Å². The molecule has 0 radical (unpaired) electrons. The van der Waals surface area contributed by atoms with Gasteiger partial charge >= 0.3 is 7.60 Å². The van der Waals surface area contributed by atoms with Crippen molar-refractivity contribution in [3.8, 4) is 0 Å². The van der Waals surface area contributed by atoms with E-state index < -0.39 is 18.8 Å². The highest BCUT2D eigenvalue weighted by molar-refractivity contribution is 7.53. The van der Waals surface area contributed by atoms with E-state index in [1.165, 1.54) is 6.07 Å². The molecular weight excluding hydrogens is 290 g/mol. The number of halogens is 1. The molecule has 5 heteroatoms. The van der Waals surface area contributed by atoms with Crippen LogP contribution >= 0.6 is 7.60 Å². The summed E-state index contributed by atoms with van der Waals surface area (Å²) in [6.45, 7) is 12.6. The highest BCUT2D eigenvalue weighted by Gasteiger charge is 2.36. The summed E-state index contributed by atoms with van der Waals surface area (Å²) in [5, 5.41) is 0. The largest absolute Gasteiger partial charge is 0.336 e. The first-order valence-electron chi connectivity index (χ1n) is 7.05. The summed E-state index contributed by atoms with van der Waals surface area (Å²) in [4.78, 5) is 0. The topological polar surface area (TPSA) is 35.5 Å². The quantitative estimate of drug-likeness (QED) is 0.692. The van der Waals surface area contributed by atoms with E-state index in [0.29, 0.717) is 5.56 Å². The fourth-order valence-electron chi connectivity index (χ4n) is 1.91. The average Bonchev–Trinajstić information content (AvgIpc) is 2.16. The molecule has 0 saturated heterocycles. The highest BCUT2D eigenvalue weighted by Crippen LogP contribution is 2.57. The van der Waals surface area contributed by atoms with Gasteiger partial charge in [-0.05, 0) is 65.7 Å². The molecule has 21 heavy (non-hydrogen) atoms. The molecule has 0 fully saturated rings. The van der Waals surface area contributed by atoms with Crippen LogP contribution in [-0.4, -0.2) is 11.2 Å². The number of hydrogen-bond acceptors (Lipinski definition) is 3. The SMILES string of the molecule is Cc1ccc(CP(=O)(OC(C)(C)C)OC(C)(C)C)c(F)c1. The van der Waals surface area contributed by atoms with Crippen LogP contribution in [0, 0.1) is 12.7 Å². The maximum absolute atomic E-state index is 14.0. The Morgan fingerprint density at radius 1 is 1.05 bits per heavy atom. The fraction of sp³-hybridized carbons (Fsp3) is 0.625. The van der Waals surface area contributed by atoms with Crippen LogP contribution in [0.25, 0.3) is 0 Å². The fourth-order valence-corrected chi connectivity index (χ4v) is 4.42. The molecule has 1 aromatic rings. The first kappa shape index (κ1) is 18.3. The van der Waals surface area contributed by atoms with Crippen molar-refractivity contribution in [3.05, 3.63) is 35.1 Å². The molecule has 0 N–H and O–H groups in total. The highest BCUT2D eigenvalue weighted by atomic mass is 31.2. The van der Waals surface area contributed by atoms with Crippen molar-refractivity contribution in [3.63, 3.8) is 0 Å². The standard InChI is InChI=1S/C16H26FO3P/c1-12-8-9-13(14(17)10-12)11-21(18,19-15(2,3)4)20-16(5,6)7/h8-10H,11H2,1-7H3. The van der Waals surface area contributed by atoms with Crippen LogP contribution in [0.15, 0.2) is 18.2 Å². The zero-order valence-electron chi connectivity index (χ0n) is 14.0. The van der Waals surface area contributed by atoms with Crippen molar-refractivity contribution in [1.82, 2.24) is 0 Å². The molecule has 0 bridgehead atoms. The van der Waals surface area contributed by atoms with Gasteiger partial charge in [0, 0.05) is 0 Å². The molecular formula is C16H26FO3P. The minimum absolute atomic E-state index is 0.0757. The Hall–Kier alpha value is -0.700. The summed E-state index contributed by atoms with van der Waals surface area (Å²) in [5.74, 6) is -0.384. The van der Waals surface area contributed by atoms with E-state index in [-0.39, 0.29) is 12.0 Å². The summed E-state index contributed by atoms with van der Waals surface area (Å²) in [5.41, 5.74) is -0.110. The summed E-state index contributed by atoms with van der Waals surface area (Å²) < 4.78 is 38.4. The maximum Gasteiger partial charge on any atom is 0.336 e. The van der Waals surface area contributed by atoms with Crippen LogP contribution in [0.4, 0.5) is 4.39 Å². The Morgan fingerprint density at radius 3 is 1.90 bits per heavy atom. The molecule has 0 aromatic heterocycles. The second kappa shape index (κ2) is 6.20. The Labute approximate surface area is 127 Å². The van der Waals surface area contributed by atoms with Crippen molar-refractivity contribution >= 4 is 7.60 Å². The zero-order chi connectivity index (χ0) is 16.5. The smallest absolute Gasteiger partial charge is 0.303 e. The van der Waals surface area contributed by atoms with Gasteiger partial charge in [0.15, 0.2) is 0 Å². The van der Waals surface area contributed by atoms with Crippen molar-refractivity contribution in [1.29, 1.82) is 0 Å². The van der Waals surface area contributed by atoms with Gasteiger partial charge in [0.05, 0.1) is 17.4 Å². The van der Waals surface area contributed by atoms with Gasteiger partial charge in [-0.1, -0.05) is 12.1 Å². The second-order valence-corrected chi connectivity index (χ2v) is 9.17. The minimum atomic E-state index is -3.47. The van der Waals surface area contributed by atoms with E-state index in [1.807, 2.05) is 6.92 Å². The van der Waals surface area contributed by atoms with E-state index in [2.05, 4.69) is 0 Å². The van der Waals surface area contributed by atoms with Gasteiger partial charge < -0.3 is 9.05 Å². The van der Waals surface area contributed by atoms with Gasteiger partial charge in [-0.25, -0.2) is 4.39 Å². The summed E-state index contributed by atoms with van der Waals surface area (Å²) in [7, 11) is -3.47. The first-order chi connectivity index (χ1) is 9.30. The van der Waals surface area contributed by atoms with Crippen molar-refractivity contribution in [2.45, 2.75) is 65.8 Å². The van der Waals surface area contributed by atoms with Gasteiger partial charge in [-0.15, -0.1) is 0 Å². The summed E-state index contributed by atoms with van der Waals surface area (Å²) in [6.07, 6.45) is -0.0757. The lowest BCUT2D eigenvalue weighted by atomic mass is 10.2. The summed E-state index contributed by atoms with van der Waals surface area (Å²) >= 11 is 0. The molecule has 120 valence electrons. The van der Waals surface area contributed by atoms with E-state index in [4.69, 9.17) is 9.05 Å². The molecule has 0 aliphatic rings. The molecule has 0 spiro atoms.